The molecule has 0 bridgehead atoms. The highest BCUT2D eigenvalue weighted by atomic mass is 16.2. The number of aryl methyl sites for hydroxylation is 1. The van der Waals surface area contributed by atoms with Gasteiger partial charge in [0.25, 0.3) is 0 Å². The van der Waals surface area contributed by atoms with Crippen LogP contribution in [0.2, 0.25) is 0 Å². The normalized spacial score (nSPS) is 10.8. The first kappa shape index (κ1) is 14.6. The molecule has 0 unspecified atom stereocenters. The summed E-state index contributed by atoms with van der Waals surface area (Å²) in [6, 6.07) is 2.51. The summed E-state index contributed by atoms with van der Waals surface area (Å²) in [7, 11) is 0. The standard InChI is InChI=1S/C14H25N3O/c1-6-7-15-14(18)16-9-13-8-11(4)17(10(2)3)12(13)5/h8,10H,6-7,9H2,1-5H3,(H2,15,16,18). The number of hydrogen-bond donors (Lipinski definition) is 2. The van der Waals surface area contributed by atoms with Gasteiger partial charge in [-0.2, -0.15) is 0 Å². The summed E-state index contributed by atoms with van der Waals surface area (Å²) in [6.45, 7) is 11.9. The second-order valence-electron chi connectivity index (χ2n) is 4.97. The number of nitrogens with one attached hydrogen (secondary N) is 2. The molecule has 0 aliphatic carbocycles. The highest BCUT2D eigenvalue weighted by Crippen LogP contribution is 2.19. The quantitative estimate of drug-likeness (QED) is 0.830. The van der Waals surface area contributed by atoms with E-state index in [1.54, 1.807) is 0 Å². The summed E-state index contributed by atoms with van der Waals surface area (Å²) >= 11 is 0. The lowest BCUT2D eigenvalue weighted by atomic mass is 10.2. The minimum atomic E-state index is -0.0915. The van der Waals surface area contributed by atoms with Crippen molar-refractivity contribution in [2.75, 3.05) is 6.54 Å². The maximum Gasteiger partial charge on any atom is 0.315 e. The predicted octanol–water partition coefficient (Wildman–Crippen LogP) is 2.90. The summed E-state index contributed by atoms with van der Waals surface area (Å²) in [5.41, 5.74) is 3.67. The van der Waals surface area contributed by atoms with E-state index in [2.05, 4.69) is 49.0 Å². The molecular weight excluding hydrogens is 226 g/mol. The van der Waals surface area contributed by atoms with Crippen LogP contribution in [0.4, 0.5) is 4.79 Å². The molecule has 102 valence electrons. The molecule has 0 atom stereocenters. The van der Waals surface area contributed by atoms with E-state index in [9.17, 15) is 4.79 Å². The zero-order valence-corrected chi connectivity index (χ0v) is 12.1. The van der Waals surface area contributed by atoms with E-state index in [-0.39, 0.29) is 6.03 Å². The SMILES string of the molecule is CCCNC(=O)NCc1cc(C)n(C(C)C)c1C. The molecule has 1 rings (SSSR count). The van der Waals surface area contributed by atoms with E-state index in [0.29, 0.717) is 12.6 Å². The Bertz CT molecular complexity index is 407. The molecule has 4 nitrogen and oxygen atoms in total. The van der Waals surface area contributed by atoms with Gasteiger partial charge in [0.2, 0.25) is 0 Å². The number of rotatable bonds is 5. The lowest BCUT2D eigenvalue weighted by Crippen LogP contribution is -2.35. The van der Waals surface area contributed by atoms with Gasteiger partial charge in [-0.15, -0.1) is 0 Å². The first-order valence-corrected chi connectivity index (χ1v) is 6.66. The van der Waals surface area contributed by atoms with Crippen molar-refractivity contribution in [2.45, 2.75) is 53.6 Å². The molecule has 1 heterocycles. The third-order valence-electron chi connectivity index (χ3n) is 3.08. The molecular formula is C14H25N3O. The monoisotopic (exact) mass is 251 g/mol. The minimum Gasteiger partial charge on any atom is -0.346 e. The van der Waals surface area contributed by atoms with Crippen molar-refractivity contribution in [3.05, 3.63) is 23.0 Å². The molecule has 18 heavy (non-hydrogen) atoms. The maximum absolute atomic E-state index is 11.5. The largest absolute Gasteiger partial charge is 0.346 e. The Morgan fingerprint density at radius 1 is 1.33 bits per heavy atom. The van der Waals surface area contributed by atoms with Crippen LogP contribution in [0, 0.1) is 13.8 Å². The van der Waals surface area contributed by atoms with Gasteiger partial charge in [0.05, 0.1) is 0 Å². The van der Waals surface area contributed by atoms with Crippen LogP contribution in [-0.2, 0) is 6.54 Å². The van der Waals surface area contributed by atoms with E-state index in [1.165, 1.54) is 17.0 Å². The Labute approximate surface area is 110 Å². The summed E-state index contributed by atoms with van der Waals surface area (Å²) < 4.78 is 2.29. The van der Waals surface area contributed by atoms with Gasteiger partial charge < -0.3 is 15.2 Å². The molecule has 0 fully saturated rings. The van der Waals surface area contributed by atoms with Crippen LogP contribution in [-0.4, -0.2) is 17.1 Å². The molecule has 0 spiro atoms. The van der Waals surface area contributed by atoms with Gasteiger partial charge in [-0.25, -0.2) is 4.79 Å². The van der Waals surface area contributed by atoms with Crippen LogP contribution in [0.1, 0.15) is 50.2 Å². The van der Waals surface area contributed by atoms with Crippen molar-refractivity contribution in [2.24, 2.45) is 0 Å². The molecule has 0 radical (unpaired) electrons. The smallest absolute Gasteiger partial charge is 0.315 e. The molecule has 1 aromatic heterocycles. The van der Waals surface area contributed by atoms with Crippen LogP contribution in [0.25, 0.3) is 0 Å². The van der Waals surface area contributed by atoms with Gasteiger partial charge in [-0.05, 0) is 45.7 Å². The van der Waals surface area contributed by atoms with Crippen LogP contribution < -0.4 is 10.6 Å². The van der Waals surface area contributed by atoms with Crippen molar-refractivity contribution in [3.63, 3.8) is 0 Å². The molecule has 2 amide bonds. The van der Waals surface area contributed by atoms with Crippen LogP contribution in [0.5, 0.6) is 0 Å². The van der Waals surface area contributed by atoms with Crippen LogP contribution >= 0.6 is 0 Å². The van der Waals surface area contributed by atoms with E-state index in [1.807, 2.05) is 6.92 Å². The van der Waals surface area contributed by atoms with E-state index in [0.717, 1.165) is 13.0 Å². The van der Waals surface area contributed by atoms with Gasteiger partial charge in [-0.3, -0.25) is 0 Å². The molecule has 0 saturated heterocycles. The molecule has 0 aliphatic heterocycles. The fraction of sp³-hybridized carbons (Fsp3) is 0.643. The lowest BCUT2D eigenvalue weighted by molar-refractivity contribution is 0.240. The van der Waals surface area contributed by atoms with Gasteiger partial charge in [0.1, 0.15) is 0 Å². The van der Waals surface area contributed by atoms with Crippen molar-refractivity contribution < 1.29 is 4.79 Å². The fourth-order valence-corrected chi connectivity index (χ4v) is 2.30. The van der Waals surface area contributed by atoms with Crippen LogP contribution in [0.15, 0.2) is 6.07 Å². The second kappa shape index (κ2) is 6.47. The molecule has 1 aromatic rings. The fourth-order valence-electron chi connectivity index (χ4n) is 2.30. The zero-order valence-electron chi connectivity index (χ0n) is 12.1. The van der Waals surface area contributed by atoms with E-state index < -0.39 is 0 Å². The number of aromatic nitrogens is 1. The van der Waals surface area contributed by atoms with Gasteiger partial charge >= 0.3 is 6.03 Å². The van der Waals surface area contributed by atoms with Crippen LogP contribution in [0.3, 0.4) is 0 Å². The highest BCUT2D eigenvalue weighted by Gasteiger charge is 2.11. The Morgan fingerprint density at radius 3 is 2.50 bits per heavy atom. The van der Waals surface area contributed by atoms with E-state index in [4.69, 9.17) is 0 Å². The van der Waals surface area contributed by atoms with Crippen molar-refractivity contribution >= 4 is 6.03 Å². The molecule has 2 N–H and O–H groups in total. The zero-order chi connectivity index (χ0) is 13.7. The summed E-state index contributed by atoms with van der Waals surface area (Å²) in [6.07, 6.45) is 0.954. The van der Waals surface area contributed by atoms with E-state index >= 15 is 0 Å². The second-order valence-corrected chi connectivity index (χ2v) is 4.97. The Hall–Kier alpha value is -1.45. The summed E-state index contributed by atoms with van der Waals surface area (Å²) in [5.74, 6) is 0. The van der Waals surface area contributed by atoms with Gasteiger partial charge in [0.15, 0.2) is 0 Å². The minimum absolute atomic E-state index is 0.0915. The first-order valence-electron chi connectivity index (χ1n) is 6.66. The molecule has 0 saturated carbocycles. The average molecular weight is 251 g/mol. The number of carbonyl (C=O) groups is 1. The number of carbonyl (C=O) groups excluding carboxylic acids is 1. The highest BCUT2D eigenvalue weighted by molar-refractivity contribution is 5.73. The van der Waals surface area contributed by atoms with Gasteiger partial charge in [0, 0.05) is 30.5 Å². The average Bonchev–Trinajstić information content (AvgIpc) is 2.58. The number of amides is 2. The predicted molar refractivity (Wildman–Crippen MR) is 74.8 cm³/mol. The molecule has 0 aliphatic rings. The Balaban J connectivity index is 2.63. The topological polar surface area (TPSA) is 46.1 Å². The lowest BCUT2D eigenvalue weighted by Gasteiger charge is -2.14. The summed E-state index contributed by atoms with van der Waals surface area (Å²) in [5, 5.41) is 5.70. The molecule has 4 heteroatoms. The number of hydrogen-bond acceptors (Lipinski definition) is 1. The van der Waals surface area contributed by atoms with Gasteiger partial charge in [-0.1, -0.05) is 6.92 Å². The van der Waals surface area contributed by atoms with Crippen molar-refractivity contribution in [1.82, 2.24) is 15.2 Å². The van der Waals surface area contributed by atoms with Crippen molar-refractivity contribution in [1.29, 1.82) is 0 Å². The number of nitrogens with zero attached hydrogens (tertiary/aromatic N) is 1. The first-order chi connectivity index (χ1) is 8.47. The third kappa shape index (κ3) is 3.52. The third-order valence-corrected chi connectivity index (χ3v) is 3.08. The molecule has 0 aromatic carbocycles. The maximum atomic E-state index is 11.5. The Kier molecular flexibility index (Phi) is 5.25. The van der Waals surface area contributed by atoms with Crippen molar-refractivity contribution in [3.8, 4) is 0 Å². The summed E-state index contributed by atoms with van der Waals surface area (Å²) in [4.78, 5) is 11.5. The number of urea groups is 1. The Morgan fingerprint density at radius 2 is 2.00 bits per heavy atom.